The van der Waals surface area contributed by atoms with E-state index in [1.165, 1.54) is 0 Å². The van der Waals surface area contributed by atoms with E-state index in [0.717, 1.165) is 50.6 Å². The summed E-state index contributed by atoms with van der Waals surface area (Å²) >= 11 is 0. The van der Waals surface area contributed by atoms with Crippen LogP contribution in [-0.4, -0.2) is 37.3 Å². The Hall–Kier alpha value is -1.06. The average molecular weight is 194 g/mol. The van der Waals surface area contributed by atoms with Gasteiger partial charge in [0.2, 0.25) is 0 Å². The molecule has 4 heteroatoms. The summed E-state index contributed by atoms with van der Waals surface area (Å²) in [5.74, 6) is 2.22. The second-order valence-electron chi connectivity index (χ2n) is 3.90. The van der Waals surface area contributed by atoms with Crippen molar-refractivity contribution in [2.24, 2.45) is 9.98 Å². The van der Waals surface area contributed by atoms with Crippen molar-refractivity contribution in [3.63, 3.8) is 0 Å². The molecule has 0 aromatic carbocycles. The van der Waals surface area contributed by atoms with E-state index in [1.54, 1.807) is 0 Å². The van der Waals surface area contributed by atoms with Crippen molar-refractivity contribution in [3.8, 4) is 0 Å². The first-order chi connectivity index (χ1) is 6.84. The number of amidine groups is 2. The average Bonchev–Trinajstić information content (AvgIpc) is 2.19. The minimum absolute atomic E-state index is 0.431. The Kier molecular flexibility index (Phi) is 3.01. The molecule has 4 nitrogen and oxygen atoms in total. The SMILES string of the molecule is CC1=NC(CC2=NCCCN2)CCN1. The Morgan fingerprint density at radius 2 is 2.29 bits per heavy atom. The van der Waals surface area contributed by atoms with Crippen LogP contribution in [0.1, 0.15) is 26.2 Å². The molecule has 0 bridgehead atoms. The molecule has 14 heavy (non-hydrogen) atoms. The smallest absolute Gasteiger partial charge is 0.0984 e. The van der Waals surface area contributed by atoms with Crippen molar-refractivity contribution in [2.45, 2.75) is 32.2 Å². The molecule has 1 unspecified atom stereocenters. The maximum absolute atomic E-state index is 4.56. The number of aliphatic imine (C=N–C) groups is 2. The zero-order valence-corrected chi connectivity index (χ0v) is 8.71. The predicted octanol–water partition coefficient (Wildman–Crippen LogP) is 0.549. The topological polar surface area (TPSA) is 48.8 Å². The molecule has 2 aliphatic rings. The van der Waals surface area contributed by atoms with Crippen LogP contribution in [0.4, 0.5) is 0 Å². The highest BCUT2D eigenvalue weighted by molar-refractivity contribution is 5.84. The van der Waals surface area contributed by atoms with Gasteiger partial charge in [-0.25, -0.2) is 0 Å². The molecular formula is C10H18N4. The standard InChI is InChI=1S/C10H18N4/c1-8-11-6-3-9(14-8)7-10-12-4-2-5-13-10/h9H,2-7H2,1H3,(H,11,14)(H,12,13). The molecule has 0 aromatic heterocycles. The number of nitrogens with one attached hydrogen (secondary N) is 2. The van der Waals surface area contributed by atoms with E-state index in [2.05, 4.69) is 20.6 Å². The summed E-state index contributed by atoms with van der Waals surface area (Å²) in [6, 6.07) is 0.431. The van der Waals surface area contributed by atoms with Gasteiger partial charge in [0, 0.05) is 26.1 Å². The first-order valence-corrected chi connectivity index (χ1v) is 5.40. The highest BCUT2D eigenvalue weighted by atomic mass is 15.1. The van der Waals surface area contributed by atoms with E-state index in [-0.39, 0.29) is 0 Å². The molecular weight excluding hydrogens is 176 g/mol. The number of hydrogen-bond donors (Lipinski definition) is 2. The molecule has 2 heterocycles. The van der Waals surface area contributed by atoms with Gasteiger partial charge in [0.15, 0.2) is 0 Å². The lowest BCUT2D eigenvalue weighted by atomic mass is 10.1. The molecule has 0 saturated carbocycles. The zero-order chi connectivity index (χ0) is 9.80. The van der Waals surface area contributed by atoms with Crippen LogP contribution in [0.2, 0.25) is 0 Å². The number of nitrogens with zero attached hydrogens (tertiary/aromatic N) is 2. The van der Waals surface area contributed by atoms with Gasteiger partial charge in [0.1, 0.15) is 0 Å². The molecule has 0 radical (unpaired) electrons. The van der Waals surface area contributed by atoms with Crippen LogP contribution >= 0.6 is 0 Å². The Balaban J connectivity index is 1.90. The number of rotatable bonds is 2. The lowest BCUT2D eigenvalue weighted by molar-refractivity contribution is 0.578. The summed E-state index contributed by atoms with van der Waals surface area (Å²) < 4.78 is 0. The van der Waals surface area contributed by atoms with Gasteiger partial charge in [-0.05, 0) is 19.8 Å². The first kappa shape index (κ1) is 9.49. The van der Waals surface area contributed by atoms with E-state index in [0.29, 0.717) is 6.04 Å². The minimum atomic E-state index is 0.431. The summed E-state index contributed by atoms with van der Waals surface area (Å²) in [7, 11) is 0. The van der Waals surface area contributed by atoms with Crippen molar-refractivity contribution in [2.75, 3.05) is 19.6 Å². The van der Waals surface area contributed by atoms with Crippen molar-refractivity contribution < 1.29 is 0 Å². The van der Waals surface area contributed by atoms with Crippen LogP contribution in [0.25, 0.3) is 0 Å². The van der Waals surface area contributed by atoms with E-state index >= 15 is 0 Å². The maximum atomic E-state index is 4.56. The maximum Gasteiger partial charge on any atom is 0.0984 e. The second-order valence-corrected chi connectivity index (χ2v) is 3.90. The molecule has 0 amide bonds. The van der Waals surface area contributed by atoms with Crippen molar-refractivity contribution in [3.05, 3.63) is 0 Å². The van der Waals surface area contributed by atoms with Gasteiger partial charge in [-0.1, -0.05) is 0 Å². The van der Waals surface area contributed by atoms with Crippen LogP contribution in [0.5, 0.6) is 0 Å². The second kappa shape index (κ2) is 4.44. The van der Waals surface area contributed by atoms with Crippen molar-refractivity contribution in [1.82, 2.24) is 10.6 Å². The molecule has 2 N–H and O–H groups in total. The molecule has 0 aromatic rings. The van der Waals surface area contributed by atoms with E-state index in [1.807, 2.05) is 6.92 Å². The van der Waals surface area contributed by atoms with E-state index in [4.69, 9.17) is 0 Å². The van der Waals surface area contributed by atoms with Gasteiger partial charge < -0.3 is 10.6 Å². The molecule has 0 fully saturated rings. The van der Waals surface area contributed by atoms with Crippen molar-refractivity contribution >= 4 is 11.7 Å². The Bertz CT molecular complexity index is 257. The largest absolute Gasteiger partial charge is 0.374 e. The third-order valence-electron chi connectivity index (χ3n) is 2.63. The van der Waals surface area contributed by atoms with Crippen LogP contribution in [0.15, 0.2) is 9.98 Å². The summed E-state index contributed by atoms with van der Waals surface area (Å²) in [6.07, 6.45) is 3.27. The minimum Gasteiger partial charge on any atom is -0.374 e. The quantitative estimate of drug-likeness (QED) is 0.674. The van der Waals surface area contributed by atoms with Gasteiger partial charge in [-0.3, -0.25) is 9.98 Å². The number of hydrogen-bond acceptors (Lipinski definition) is 4. The summed E-state index contributed by atoms with van der Waals surface area (Å²) in [5, 5.41) is 6.58. The fourth-order valence-corrected chi connectivity index (χ4v) is 1.89. The van der Waals surface area contributed by atoms with Crippen LogP contribution in [0.3, 0.4) is 0 Å². The van der Waals surface area contributed by atoms with Crippen molar-refractivity contribution in [1.29, 1.82) is 0 Å². The highest BCUT2D eigenvalue weighted by Gasteiger charge is 2.15. The molecule has 78 valence electrons. The Morgan fingerprint density at radius 3 is 3.00 bits per heavy atom. The lowest BCUT2D eigenvalue weighted by Gasteiger charge is -2.22. The van der Waals surface area contributed by atoms with Gasteiger partial charge in [0.25, 0.3) is 0 Å². The third-order valence-corrected chi connectivity index (χ3v) is 2.63. The normalized spacial score (nSPS) is 27.1. The van der Waals surface area contributed by atoms with Crippen LogP contribution in [0, 0.1) is 0 Å². The van der Waals surface area contributed by atoms with Gasteiger partial charge in [-0.15, -0.1) is 0 Å². The summed E-state index contributed by atoms with van der Waals surface area (Å²) in [5.41, 5.74) is 0. The fourth-order valence-electron chi connectivity index (χ4n) is 1.89. The Morgan fingerprint density at radius 1 is 1.36 bits per heavy atom. The van der Waals surface area contributed by atoms with Gasteiger partial charge >= 0.3 is 0 Å². The zero-order valence-electron chi connectivity index (χ0n) is 8.71. The van der Waals surface area contributed by atoms with Gasteiger partial charge in [0.05, 0.1) is 17.7 Å². The van der Waals surface area contributed by atoms with Crippen LogP contribution < -0.4 is 10.6 Å². The van der Waals surface area contributed by atoms with Crippen LogP contribution in [-0.2, 0) is 0 Å². The monoisotopic (exact) mass is 194 g/mol. The molecule has 2 aliphatic heterocycles. The summed E-state index contributed by atoms with van der Waals surface area (Å²) in [4.78, 5) is 9.03. The molecule has 0 saturated heterocycles. The van der Waals surface area contributed by atoms with E-state index < -0.39 is 0 Å². The summed E-state index contributed by atoms with van der Waals surface area (Å²) in [6.45, 7) is 5.14. The molecule has 0 spiro atoms. The Labute approximate surface area is 84.9 Å². The molecule has 0 aliphatic carbocycles. The van der Waals surface area contributed by atoms with E-state index in [9.17, 15) is 0 Å². The predicted molar refractivity (Wildman–Crippen MR) is 59.1 cm³/mol. The molecule has 2 rings (SSSR count). The fraction of sp³-hybridized carbons (Fsp3) is 0.800. The highest BCUT2D eigenvalue weighted by Crippen LogP contribution is 2.09. The van der Waals surface area contributed by atoms with Gasteiger partial charge in [-0.2, -0.15) is 0 Å². The molecule has 1 atom stereocenters. The lowest BCUT2D eigenvalue weighted by Crippen LogP contribution is -2.36. The first-order valence-electron chi connectivity index (χ1n) is 5.40. The third kappa shape index (κ3) is 2.47.